The maximum absolute atomic E-state index is 12.9. The lowest BCUT2D eigenvalue weighted by Crippen LogP contribution is -2.47. The molecule has 2 N–H and O–H groups in total. The number of H-pyrrole nitrogens is 1. The number of aromatic nitrogens is 3. The smallest absolute Gasteiger partial charge is 0.291 e. The Hall–Kier alpha value is -3.00. The number of aromatic amines is 1. The average molecular weight is 454 g/mol. The number of amides is 2. The summed E-state index contributed by atoms with van der Waals surface area (Å²) in [5.74, 6) is 0.0218. The minimum atomic E-state index is -0.630. The van der Waals surface area contributed by atoms with Gasteiger partial charge in [0.25, 0.3) is 5.91 Å². The molecule has 3 aromatic rings. The van der Waals surface area contributed by atoms with Crippen LogP contribution in [0.2, 0.25) is 0 Å². The molecule has 0 radical (unpaired) electrons. The van der Waals surface area contributed by atoms with E-state index in [4.69, 9.17) is 0 Å². The lowest BCUT2D eigenvalue weighted by molar-refractivity contribution is -0.120. The van der Waals surface area contributed by atoms with Gasteiger partial charge in [-0.15, -0.1) is 5.10 Å². The van der Waals surface area contributed by atoms with Crippen molar-refractivity contribution in [3.63, 3.8) is 0 Å². The molecule has 7 nitrogen and oxygen atoms in total. The molecular weight excluding hydrogens is 434 g/mol. The van der Waals surface area contributed by atoms with Crippen molar-refractivity contribution in [2.75, 3.05) is 11.9 Å². The highest BCUT2D eigenvalue weighted by molar-refractivity contribution is 9.10. The van der Waals surface area contributed by atoms with Gasteiger partial charge in [0.2, 0.25) is 11.7 Å². The van der Waals surface area contributed by atoms with E-state index < -0.39 is 11.9 Å². The number of carbonyl (C=O) groups excluding carboxylic acids is 2. The molecule has 0 saturated heterocycles. The predicted octanol–water partition coefficient (Wildman–Crippen LogP) is 2.87. The molecule has 0 fully saturated rings. The van der Waals surface area contributed by atoms with Gasteiger partial charge in [-0.2, -0.15) is 0 Å². The van der Waals surface area contributed by atoms with Crippen molar-refractivity contribution in [3.05, 3.63) is 75.8 Å². The third-order valence-corrected chi connectivity index (χ3v) is 5.49. The van der Waals surface area contributed by atoms with E-state index in [0.717, 1.165) is 21.3 Å². The zero-order chi connectivity index (χ0) is 20.4. The number of nitrogens with zero attached hydrogens (tertiary/aromatic N) is 3. The summed E-state index contributed by atoms with van der Waals surface area (Å²) in [7, 11) is 1.73. The zero-order valence-corrected chi connectivity index (χ0v) is 17.4. The number of anilines is 1. The second-order valence-corrected chi connectivity index (χ2v) is 7.92. The van der Waals surface area contributed by atoms with Crippen LogP contribution in [0.3, 0.4) is 0 Å². The summed E-state index contributed by atoms with van der Waals surface area (Å²) in [4.78, 5) is 31.4. The molecule has 0 bridgehead atoms. The van der Waals surface area contributed by atoms with Crippen LogP contribution >= 0.6 is 15.9 Å². The molecular formula is C21H20BrN5O2. The van der Waals surface area contributed by atoms with E-state index in [2.05, 4.69) is 36.4 Å². The first kappa shape index (κ1) is 19.3. The summed E-state index contributed by atoms with van der Waals surface area (Å²) < 4.78 is 0.907. The van der Waals surface area contributed by atoms with Crippen LogP contribution in [-0.4, -0.2) is 40.1 Å². The third-order valence-electron chi connectivity index (χ3n) is 4.99. The number of aryl methyl sites for hydroxylation is 1. The molecule has 0 spiro atoms. The van der Waals surface area contributed by atoms with Crippen molar-refractivity contribution < 1.29 is 9.59 Å². The van der Waals surface area contributed by atoms with Crippen LogP contribution < -0.4 is 10.2 Å². The van der Waals surface area contributed by atoms with Crippen molar-refractivity contribution in [3.8, 4) is 0 Å². The number of nitrogens with one attached hydrogen (secondary N) is 2. The molecule has 148 valence electrons. The number of hydrogen-bond donors (Lipinski definition) is 2. The summed E-state index contributed by atoms with van der Waals surface area (Å²) in [5.41, 5.74) is 2.99. The van der Waals surface area contributed by atoms with Crippen LogP contribution in [-0.2, 0) is 17.6 Å². The number of likely N-dealkylation sites (N-methyl/N-ethyl adjacent to an activating group) is 1. The topological polar surface area (TPSA) is 91.0 Å². The number of carbonyl (C=O) groups is 2. The van der Waals surface area contributed by atoms with Crippen molar-refractivity contribution in [1.82, 2.24) is 20.5 Å². The molecule has 1 aromatic heterocycles. The maximum atomic E-state index is 12.9. The Balaban J connectivity index is 1.45. The summed E-state index contributed by atoms with van der Waals surface area (Å²) in [5, 5.41) is 9.61. The second-order valence-electron chi connectivity index (χ2n) is 7.00. The number of benzene rings is 2. The lowest BCUT2D eigenvalue weighted by Gasteiger charge is -2.21. The first-order valence-corrected chi connectivity index (χ1v) is 10.1. The maximum Gasteiger partial charge on any atom is 0.291 e. The Morgan fingerprint density at radius 3 is 2.86 bits per heavy atom. The molecule has 2 heterocycles. The monoisotopic (exact) mass is 453 g/mol. The fourth-order valence-electron chi connectivity index (χ4n) is 3.46. The van der Waals surface area contributed by atoms with Crippen molar-refractivity contribution in [2.24, 2.45) is 0 Å². The normalized spacial score (nSPS) is 16.3. The minimum absolute atomic E-state index is 0.0379. The molecule has 0 aliphatic carbocycles. The van der Waals surface area contributed by atoms with Gasteiger partial charge in [0.1, 0.15) is 11.9 Å². The van der Waals surface area contributed by atoms with Crippen molar-refractivity contribution in [2.45, 2.75) is 25.3 Å². The van der Waals surface area contributed by atoms with Crippen molar-refractivity contribution in [1.29, 1.82) is 0 Å². The molecule has 1 aliphatic heterocycles. The van der Waals surface area contributed by atoms with Gasteiger partial charge in [-0.3, -0.25) is 14.7 Å². The summed E-state index contributed by atoms with van der Waals surface area (Å²) >= 11 is 3.45. The van der Waals surface area contributed by atoms with E-state index in [9.17, 15) is 9.59 Å². The van der Waals surface area contributed by atoms with Gasteiger partial charge in [-0.25, -0.2) is 4.98 Å². The van der Waals surface area contributed by atoms with Crippen LogP contribution in [0.5, 0.6) is 0 Å². The molecule has 0 saturated carbocycles. The number of hydrogen-bond acceptors (Lipinski definition) is 4. The Morgan fingerprint density at radius 1 is 1.28 bits per heavy atom. The molecule has 1 aliphatic rings. The number of halogens is 1. The van der Waals surface area contributed by atoms with E-state index in [-0.39, 0.29) is 11.7 Å². The average Bonchev–Trinajstić information content (AvgIpc) is 3.16. The first-order chi connectivity index (χ1) is 14.0. The van der Waals surface area contributed by atoms with E-state index in [1.165, 1.54) is 0 Å². The van der Waals surface area contributed by atoms with Crippen LogP contribution in [0, 0.1) is 0 Å². The summed E-state index contributed by atoms with van der Waals surface area (Å²) in [6.07, 6.45) is 1.76. The van der Waals surface area contributed by atoms with Gasteiger partial charge < -0.3 is 10.2 Å². The Bertz CT molecular complexity index is 1050. The van der Waals surface area contributed by atoms with Crippen LogP contribution in [0.15, 0.2) is 53.0 Å². The van der Waals surface area contributed by atoms with E-state index in [1.54, 1.807) is 11.9 Å². The largest absolute Gasteiger partial charge is 0.337 e. The van der Waals surface area contributed by atoms with Crippen LogP contribution in [0.1, 0.15) is 34.0 Å². The van der Waals surface area contributed by atoms with Gasteiger partial charge in [0, 0.05) is 23.6 Å². The van der Waals surface area contributed by atoms with Crippen LogP contribution in [0.4, 0.5) is 5.69 Å². The Labute approximate surface area is 176 Å². The van der Waals surface area contributed by atoms with Gasteiger partial charge in [-0.05, 0) is 36.1 Å². The van der Waals surface area contributed by atoms with Gasteiger partial charge >= 0.3 is 0 Å². The van der Waals surface area contributed by atoms with Gasteiger partial charge in [0.05, 0.1) is 0 Å². The SMILES string of the molecule is CN1C(=O)C(NC(=O)c2n[nH]c(Cc3ccccc3)n2)CCc2ccc(Br)cc21. The standard InChI is InChI=1S/C21H20BrN5O2/c1-27-17-12-15(22)9-7-14(17)8-10-16(21(27)29)23-20(28)19-24-18(25-26-19)11-13-5-3-2-4-6-13/h2-7,9,12,16H,8,10-11H2,1H3,(H,23,28)(H,24,25,26). The highest BCUT2D eigenvalue weighted by atomic mass is 79.9. The second kappa shape index (κ2) is 8.16. The first-order valence-electron chi connectivity index (χ1n) is 9.33. The number of rotatable bonds is 4. The molecule has 1 atom stereocenters. The van der Waals surface area contributed by atoms with E-state index in [0.29, 0.717) is 25.1 Å². The summed E-state index contributed by atoms with van der Waals surface area (Å²) in [6, 6.07) is 15.1. The predicted molar refractivity (Wildman–Crippen MR) is 113 cm³/mol. The van der Waals surface area contributed by atoms with Crippen molar-refractivity contribution >= 4 is 33.4 Å². The highest BCUT2D eigenvalue weighted by Crippen LogP contribution is 2.29. The minimum Gasteiger partial charge on any atom is -0.337 e. The zero-order valence-electron chi connectivity index (χ0n) is 15.9. The van der Waals surface area contributed by atoms with Gasteiger partial charge in [0.15, 0.2) is 0 Å². The number of fused-ring (bicyclic) bond motifs is 1. The lowest BCUT2D eigenvalue weighted by atomic mass is 10.1. The molecule has 8 heteroatoms. The summed E-state index contributed by atoms with van der Waals surface area (Å²) in [6.45, 7) is 0. The highest BCUT2D eigenvalue weighted by Gasteiger charge is 2.30. The quantitative estimate of drug-likeness (QED) is 0.635. The van der Waals surface area contributed by atoms with E-state index >= 15 is 0 Å². The van der Waals surface area contributed by atoms with Crippen LogP contribution in [0.25, 0.3) is 0 Å². The molecule has 29 heavy (non-hydrogen) atoms. The Kier molecular flexibility index (Phi) is 5.44. The molecule has 2 aromatic carbocycles. The van der Waals surface area contributed by atoms with Gasteiger partial charge in [-0.1, -0.05) is 52.3 Å². The fourth-order valence-corrected chi connectivity index (χ4v) is 3.81. The molecule has 4 rings (SSSR count). The third kappa shape index (κ3) is 4.22. The molecule has 2 amide bonds. The Morgan fingerprint density at radius 2 is 2.07 bits per heavy atom. The molecule has 1 unspecified atom stereocenters. The van der Waals surface area contributed by atoms with E-state index in [1.807, 2.05) is 48.5 Å². The fraction of sp³-hybridized carbons (Fsp3) is 0.238.